The minimum absolute atomic E-state index is 0.555. The van der Waals surface area contributed by atoms with E-state index >= 15 is 0 Å². The number of aromatic nitrogens is 1. The highest BCUT2D eigenvalue weighted by molar-refractivity contribution is 7.30. The molecule has 0 bridgehead atoms. The van der Waals surface area contributed by atoms with Crippen LogP contribution in [-0.2, 0) is 26.2 Å². The zero-order chi connectivity index (χ0) is 41.1. The van der Waals surface area contributed by atoms with Gasteiger partial charge in [0, 0.05) is 77.4 Å². The van der Waals surface area contributed by atoms with Gasteiger partial charge in [0.25, 0.3) is 0 Å². The van der Waals surface area contributed by atoms with Crippen LogP contribution < -0.4 is 4.50 Å². The van der Waals surface area contributed by atoms with Gasteiger partial charge >= 0.3 is 8.80 Å². The lowest BCUT2D eigenvalue weighted by atomic mass is 10.0. The molecule has 60 heavy (non-hydrogen) atoms. The second-order valence-corrected chi connectivity index (χ2v) is 22.2. The Morgan fingerprint density at radius 3 is 1.85 bits per heavy atom. The van der Waals surface area contributed by atoms with Crippen molar-refractivity contribution in [3.63, 3.8) is 0 Å². The van der Waals surface area contributed by atoms with Crippen LogP contribution in [0.15, 0.2) is 127 Å². The molecule has 4 aromatic carbocycles. The van der Waals surface area contributed by atoms with Gasteiger partial charge in [-0.15, -0.1) is 45.3 Å². The highest BCUT2D eigenvalue weighted by Gasteiger charge is 2.45. The van der Waals surface area contributed by atoms with Gasteiger partial charge in [0.1, 0.15) is 0 Å². The Bertz CT molecular complexity index is 2860. The predicted octanol–water partition coefficient (Wildman–Crippen LogP) is 15.3. The van der Waals surface area contributed by atoms with Gasteiger partial charge < -0.3 is 17.8 Å². The average molecular weight is 882 g/mol. The highest BCUT2D eigenvalue weighted by Crippen LogP contribution is 2.43. The van der Waals surface area contributed by atoms with Crippen LogP contribution in [0.1, 0.15) is 64.5 Å². The predicted molar refractivity (Wildman–Crippen MR) is 264 cm³/mol. The lowest BCUT2D eigenvalue weighted by molar-refractivity contribution is 0.0866. The van der Waals surface area contributed by atoms with Gasteiger partial charge in [-0.05, 0) is 145 Å². The number of benzene rings is 4. The van der Waals surface area contributed by atoms with Crippen LogP contribution in [0.4, 0.5) is 0 Å². The van der Waals surface area contributed by atoms with Gasteiger partial charge in [-0.2, -0.15) is 0 Å². The van der Waals surface area contributed by atoms with Gasteiger partial charge in [0.15, 0.2) is 0 Å². The zero-order valence-electron chi connectivity index (χ0n) is 34.8. The summed E-state index contributed by atoms with van der Waals surface area (Å²) in [5.74, 6) is 0. The van der Waals surface area contributed by atoms with Crippen LogP contribution >= 0.6 is 45.3 Å². The third-order valence-corrected chi connectivity index (χ3v) is 19.6. The van der Waals surface area contributed by atoms with Gasteiger partial charge in [0.05, 0.1) is 4.50 Å². The van der Waals surface area contributed by atoms with Gasteiger partial charge in [0.2, 0.25) is 0 Å². The molecular formula is C51H51NO3S4Si. The van der Waals surface area contributed by atoms with Crippen molar-refractivity contribution in [2.75, 3.05) is 19.8 Å². The van der Waals surface area contributed by atoms with E-state index in [4.69, 9.17) is 13.3 Å². The van der Waals surface area contributed by atoms with Crippen LogP contribution in [0.5, 0.6) is 0 Å². The molecule has 0 aliphatic rings. The maximum atomic E-state index is 6.21. The second kappa shape index (κ2) is 18.4. The summed E-state index contributed by atoms with van der Waals surface area (Å²) in [6.07, 6.45) is 6.26. The summed E-state index contributed by atoms with van der Waals surface area (Å²) in [4.78, 5) is 7.71. The van der Waals surface area contributed by atoms with Crippen molar-refractivity contribution in [2.24, 2.45) is 0 Å². The topological polar surface area (TPSA) is 32.6 Å². The minimum atomic E-state index is -2.94. The lowest BCUT2D eigenvalue weighted by Gasteiger charge is -2.27. The molecule has 5 heterocycles. The normalized spacial score (nSPS) is 12.1. The highest BCUT2D eigenvalue weighted by atomic mass is 32.1. The molecule has 9 aromatic rings. The number of hydrogen-bond donors (Lipinski definition) is 0. The lowest BCUT2D eigenvalue weighted by Crippen LogP contribution is -2.55. The molecule has 5 aromatic heterocycles. The molecular weight excluding hydrogens is 831 g/mol. The maximum absolute atomic E-state index is 6.21. The van der Waals surface area contributed by atoms with E-state index in [1.165, 1.54) is 110 Å². The molecule has 0 fully saturated rings. The molecule has 0 aliphatic carbocycles. The van der Waals surface area contributed by atoms with Crippen molar-refractivity contribution in [1.82, 2.24) is 4.57 Å². The van der Waals surface area contributed by atoms with Gasteiger partial charge in [-0.3, -0.25) is 0 Å². The first kappa shape index (κ1) is 41.2. The molecule has 0 saturated carbocycles. The number of aryl methyl sites for hydroxylation is 1. The minimum Gasteiger partial charge on any atom is -0.370 e. The Morgan fingerprint density at radius 2 is 1.15 bits per heavy atom. The number of thiophene rings is 4. The first-order chi connectivity index (χ1) is 29.5. The van der Waals surface area contributed by atoms with Gasteiger partial charge in [-0.1, -0.05) is 74.7 Å². The number of hydrogen-bond acceptors (Lipinski definition) is 7. The molecule has 0 spiro atoms. The second-order valence-electron chi connectivity index (χ2n) is 15.2. The molecule has 0 saturated heterocycles. The molecule has 306 valence electrons. The van der Waals surface area contributed by atoms with E-state index in [-0.39, 0.29) is 0 Å². The average Bonchev–Trinajstić information content (AvgIpc) is 4.13. The Kier molecular flexibility index (Phi) is 12.7. The fourth-order valence-corrected chi connectivity index (χ4v) is 15.8. The van der Waals surface area contributed by atoms with Crippen molar-refractivity contribution in [3.8, 4) is 40.4 Å². The van der Waals surface area contributed by atoms with E-state index in [0.29, 0.717) is 19.8 Å². The van der Waals surface area contributed by atoms with Crippen molar-refractivity contribution in [1.29, 1.82) is 0 Å². The monoisotopic (exact) mass is 881 g/mol. The van der Waals surface area contributed by atoms with E-state index in [1.54, 1.807) is 11.3 Å². The van der Waals surface area contributed by atoms with Crippen molar-refractivity contribution in [2.45, 2.75) is 66.3 Å². The van der Waals surface area contributed by atoms with Gasteiger partial charge in [-0.25, -0.2) is 0 Å². The van der Waals surface area contributed by atoms with Crippen LogP contribution in [-0.4, -0.2) is 33.2 Å². The standard InChI is InChI=1S/C51H51NO3S4Si/c1-5-9-10-11-15-37-29-30-56-51(37)40-20-22-44-42(33-40)41-32-39(19-21-43(41)52(44)34-35-17-18-36-14-12-13-16-38(36)31-35)45-23-24-46(57-45)47-25-26-48(58-47)49-27-28-50(59-49)60(53-6-2,54-7-3)55-8-4/h12-14,16-33H,5-11,15,34H2,1-4H3. The van der Waals surface area contributed by atoms with Crippen LogP contribution in [0.3, 0.4) is 0 Å². The third kappa shape index (κ3) is 8.27. The fourth-order valence-electron chi connectivity index (χ4n) is 8.39. The number of fused-ring (bicyclic) bond motifs is 4. The quantitative estimate of drug-likeness (QED) is 0.0636. The van der Waals surface area contributed by atoms with E-state index in [0.717, 1.165) is 17.5 Å². The Balaban J connectivity index is 1.06. The SMILES string of the molecule is CCCCCCc1ccsc1-c1ccc2c(c1)c1cc(-c3ccc(-c4ccc(-c5ccc([Si](OCC)(OCC)OCC)s5)s4)s3)ccc1n2Cc1ccc2ccccc2c1. The Hall–Kier alpha value is -4.16. The maximum Gasteiger partial charge on any atom is 0.547 e. The molecule has 0 radical (unpaired) electrons. The molecule has 0 atom stereocenters. The first-order valence-electron chi connectivity index (χ1n) is 21.3. The molecule has 0 amide bonds. The summed E-state index contributed by atoms with van der Waals surface area (Å²) in [5.41, 5.74) is 7.91. The smallest absolute Gasteiger partial charge is 0.370 e. The van der Waals surface area contributed by atoms with E-state index < -0.39 is 8.80 Å². The molecule has 0 aliphatic heterocycles. The number of rotatable bonds is 18. The molecule has 0 N–H and O–H groups in total. The molecule has 9 heteroatoms. The van der Waals surface area contributed by atoms with Crippen molar-refractivity contribution in [3.05, 3.63) is 138 Å². The van der Waals surface area contributed by atoms with Crippen molar-refractivity contribution >= 4 is 91.2 Å². The molecule has 4 nitrogen and oxygen atoms in total. The summed E-state index contributed by atoms with van der Waals surface area (Å²) < 4.78 is 22.2. The zero-order valence-corrected chi connectivity index (χ0v) is 39.1. The number of unbranched alkanes of at least 4 members (excludes halogenated alkanes) is 3. The van der Waals surface area contributed by atoms with Crippen LogP contribution in [0.25, 0.3) is 73.0 Å². The first-order valence-corrected chi connectivity index (χ1v) is 26.4. The Labute approximate surface area is 371 Å². The summed E-state index contributed by atoms with van der Waals surface area (Å²) in [6, 6.07) is 45.6. The van der Waals surface area contributed by atoms with E-state index in [2.05, 4.69) is 138 Å². The van der Waals surface area contributed by atoms with Crippen LogP contribution in [0, 0.1) is 0 Å². The van der Waals surface area contributed by atoms with E-state index in [1.807, 2.05) is 54.8 Å². The fraction of sp³-hybridized carbons (Fsp3) is 0.255. The van der Waals surface area contributed by atoms with E-state index in [9.17, 15) is 0 Å². The largest absolute Gasteiger partial charge is 0.547 e. The summed E-state index contributed by atoms with van der Waals surface area (Å²) in [6.45, 7) is 10.8. The van der Waals surface area contributed by atoms with Crippen molar-refractivity contribution < 1.29 is 13.3 Å². The molecule has 9 rings (SSSR count). The Morgan fingerprint density at radius 1 is 0.533 bits per heavy atom. The summed E-state index contributed by atoms with van der Waals surface area (Å²) >= 11 is 7.33. The molecule has 0 unspecified atom stereocenters. The third-order valence-electron chi connectivity index (χ3n) is 11.2. The summed E-state index contributed by atoms with van der Waals surface area (Å²) in [5, 5.41) is 7.45. The number of nitrogens with zero attached hydrogens (tertiary/aromatic N) is 1. The summed E-state index contributed by atoms with van der Waals surface area (Å²) in [7, 11) is -2.94. The van der Waals surface area contributed by atoms with Crippen LogP contribution in [0.2, 0.25) is 0 Å².